The Kier molecular flexibility index (Phi) is 11.1. The number of aromatic nitrogens is 3. The molecular formula is C42H30N6O9. The number of hydrogen-bond donors (Lipinski definition) is 3. The first-order valence-electron chi connectivity index (χ1n) is 17.3. The molecule has 0 saturated carbocycles. The van der Waals surface area contributed by atoms with Gasteiger partial charge in [-0.2, -0.15) is 0 Å². The van der Waals surface area contributed by atoms with Gasteiger partial charge in [0, 0.05) is 36.4 Å². The summed E-state index contributed by atoms with van der Waals surface area (Å²) < 4.78 is 18.0. The average Bonchev–Trinajstić information content (AvgIpc) is 3.21. The lowest BCUT2D eigenvalue weighted by molar-refractivity contribution is 0.0686. The second kappa shape index (κ2) is 16.9. The number of carbonyl (C=O) groups is 3. The Morgan fingerprint density at radius 2 is 0.684 bits per heavy atom. The van der Waals surface area contributed by atoms with E-state index >= 15 is 0 Å². The number of rotatable bonds is 12. The van der Waals surface area contributed by atoms with Gasteiger partial charge in [0.05, 0.1) is 33.8 Å². The van der Waals surface area contributed by atoms with Crippen molar-refractivity contribution in [2.75, 3.05) is 0 Å². The largest absolute Gasteiger partial charge is 0.478 e. The van der Waals surface area contributed by atoms with E-state index in [4.69, 9.17) is 29.5 Å². The number of allylic oxidation sites excluding steroid dienone is 9. The molecule has 282 valence electrons. The number of benzene rings is 3. The molecule has 57 heavy (non-hydrogen) atoms. The summed E-state index contributed by atoms with van der Waals surface area (Å²) in [5.74, 6) is -1.74. The molecule has 0 aliphatic heterocycles. The molecule has 4 aromatic rings. The van der Waals surface area contributed by atoms with Crippen LogP contribution in [-0.2, 0) is 0 Å². The van der Waals surface area contributed by atoms with Crippen molar-refractivity contribution in [1.82, 2.24) is 15.0 Å². The number of aromatic carboxylic acids is 3. The number of hydrogen-bond acceptors (Lipinski definition) is 12. The summed E-state index contributed by atoms with van der Waals surface area (Å²) in [6.45, 7) is 0. The molecule has 3 aromatic carbocycles. The molecular weight excluding hydrogens is 732 g/mol. The van der Waals surface area contributed by atoms with Crippen molar-refractivity contribution < 1.29 is 43.9 Å². The van der Waals surface area contributed by atoms with Gasteiger partial charge < -0.3 is 29.5 Å². The van der Waals surface area contributed by atoms with Gasteiger partial charge in [-0.3, -0.25) is 15.0 Å². The molecule has 0 fully saturated rings. The molecule has 7 rings (SSSR count). The summed E-state index contributed by atoms with van der Waals surface area (Å²) >= 11 is 0. The first-order chi connectivity index (χ1) is 27.6. The van der Waals surface area contributed by atoms with Crippen LogP contribution in [0, 0.1) is 0 Å². The van der Waals surface area contributed by atoms with Crippen LogP contribution in [-0.4, -0.2) is 65.3 Å². The van der Waals surface area contributed by atoms with Gasteiger partial charge in [-0.1, -0.05) is 0 Å². The molecule has 3 aliphatic carbocycles. The predicted molar refractivity (Wildman–Crippen MR) is 209 cm³/mol. The van der Waals surface area contributed by atoms with Crippen molar-refractivity contribution in [2.45, 2.75) is 19.3 Å². The van der Waals surface area contributed by atoms with E-state index in [2.05, 4.69) is 29.9 Å². The molecule has 0 spiro atoms. The lowest BCUT2D eigenvalue weighted by atomic mass is 10.1. The van der Waals surface area contributed by atoms with Gasteiger partial charge in [0.2, 0.25) is 0 Å². The van der Waals surface area contributed by atoms with E-state index in [-0.39, 0.29) is 34.7 Å². The quantitative estimate of drug-likeness (QED) is 0.125. The van der Waals surface area contributed by atoms with Gasteiger partial charge in [0.1, 0.15) is 17.3 Å². The monoisotopic (exact) mass is 762 g/mol. The van der Waals surface area contributed by atoms with E-state index in [1.807, 2.05) is 0 Å². The Morgan fingerprint density at radius 1 is 0.421 bits per heavy atom. The zero-order valence-electron chi connectivity index (χ0n) is 29.7. The Morgan fingerprint density at radius 3 is 0.895 bits per heavy atom. The molecule has 1 aromatic heterocycles. The number of carboxylic acid groups (broad SMARTS) is 3. The highest BCUT2D eigenvalue weighted by Gasteiger charge is 2.17. The third-order valence-electron chi connectivity index (χ3n) is 8.22. The fourth-order valence-electron chi connectivity index (χ4n) is 5.34. The summed E-state index contributed by atoms with van der Waals surface area (Å²) in [6, 6.07) is 18.4. The lowest BCUT2D eigenvalue weighted by Gasteiger charge is -2.14. The fraction of sp³-hybridized carbons (Fsp3) is 0.0714. The summed E-state index contributed by atoms with van der Waals surface area (Å²) in [6.07, 6.45) is 17.0. The van der Waals surface area contributed by atoms with E-state index in [9.17, 15) is 14.4 Å². The minimum atomic E-state index is -1.01. The van der Waals surface area contributed by atoms with Crippen molar-refractivity contribution in [2.24, 2.45) is 15.0 Å². The maximum Gasteiger partial charge on any atom is 0.335 e. The second-order valence-electron chi connectivity index (χ2n) is 12.3. The number of nitrogens with zero attached hydrogens (tertiary/aromatic N) is 6. The van der Waals surface area contributed by atoms with Crippen molar-refractivity contribution in [3.8, 4) is 18.0 Å². The van der Waals surface area contributed by atoms with Gasteiger partial charge in [-0.15, -0.1) is 15.0 Å². The predicted octanol–water partition coefficient (Wildman–Crippen LogP) is 7.95. The average molecular weight is 763 g/mol. The van der Waals surface area contributed by atoms with Crippen LogP contribution in [0.1, 0.15) is 50.3 Å². The van der Waals surface area contributed by atoms with Crippen molar-refractivity contribution in [1.29, 1.82) is 0 Å². The molecule has 15 nitrogen and oxygen atoms in total. The zero-order chi connectivity index (χ0) is 39.7. The number of aliphatic imine (C=N–C) groups is 3. The first kappa shape index (κ1) is 37.3. The van der Waals surface area contributed by atoms with E-state index in [1.54, 1.807) is 91.1 Å². The molecule has 1 heterocycles. The molecule has 0 saturated heterocycles. The SMILES string of the molecule is O=C(O)c1ccc(N=C2C=CC(Oc3nc(OC4=CCC(=Nc5ccc(C(=O)O)cc5)C=C4)nc(OC4=CCC(=Nc5ccc(C(=O)O)cc5)C=C4)n3)=CC2)cc1. The lowest BCUT2D eigenvalue weighted by Crippen LogP contribution is -2.10. The molecule has 0 radical (unpaired) electrons. The van der Waals surface area contributed by atoms with Crippen LogP contribution >= 0.6 is 0 Å². The molecule has 3 N–H and O–H groups in total. The molecule has 0 unspecified atom stereocenters. The minimum Gasteiger partial charge on any atom is -0.478 e. The van der Waals surface area contributed by atoms with Gasteiger partial charge in [0.25, 0.3) is 0 Å². The van der Waals surface area contributed by atoms with Crippen LogP contribution in [0.5, 0.6) is 18.0 Å². The maximum absolute atomic E-state index is 11.2. The number of ether oxygens (including phenoxy) is 3. The Labute approximate surface area is 324 Å². The van der Waals surface area contributed by atoms with Crippen LogP contribution in [0.4, 0.5) is 17.1 Å². The highest BCUT2D eigenvalue weighted by atomic mass is 16.5. The van der Waals surface area contributed by atoms with E-state index in [0.29, 0.717) is 53.6 Å². The third-order valence-corrected chi connectivity index (χ3v) is 8.22. The van der Waals surface area contributed by atoms with Crippen molar-refractivity contribution in [3.63, 3.8) is 0 Å². The van der Waals surface area contributed by atoms with Crippen LogP contribution in [0.15, 0.2) is 160 Å². The summed E-state index contributed by atoms with van der Waals surface area (Å²) in [5, 5.41) is 27.4. The van der Waals surface area contributed by atoms with Crippen LogP contribution in [0.3, 0.4) is 0 Å². The Hall–Kier alpha value is -8.07. The Bertz CT molecular complexity index is 2240. The molecule has 3 aliphatic rings. The van der Waals surface area contributed by atoms with Gasteiger partial charge >= 0.3 is 35.9 Å². The van der Waals surface area contributed by atoms with Crippen LogP contribution in [0.2, 0.25) is 0 Å². The minimum absolute atomic E-state index is 0.101. The van der Waals surface area contributed by atoms with E-state index in [1.165, 1.54) is 36.4 Å². The third kappa shape index (κ3) is 10.1. The molecule has 0 atom stereocenters. The van der Waals surface area contributed by atoms with Crippen molar-refractivity contribution >= 4 is 52.1 Å². The summed E-state index contributed by atoms with van der Waals surface area (Å²) in [7, 11) is 0. The number of carboxylic acids is 3. The standard InChI is InChI=1S/C42H30N6O9/c49-37(50)25-1-7-28(8-2-25)43-31-13-19-34(20-14-31)55-40-46-41(56-35-21-15-32(16-22-35)44-29-9-3-26(4-10-29)38(51)52)48-42(47-40)57-36-23-17-33(18-24-36)45-30-11-5-27(6-12-30)39(53)54/h1-13,15,17,19-24H,14,16,18H2,(H,49,50)(H,51,52)(H,53,54). The highest BCUT2D eigenvalue weighted by Crippen LogP contribution is 2.25. The normalized spacial score (nSPS) is 16.8. The molecule has 0 amide bonds. The maximum atomic E-state index is 11.2. The second-order valence-corrected chi connectivity index (χ2v) is 12.3. The fourth-order valence-corrected chi connectivity index (χ4v) is 5.34. The van der Waals surface area contributed by atoms with Crippen LogP contribution < -0.4 is 14.2 Å². The molecule has 15 heteroatoms. The van der Waals surface area contributed by atoms with Gasteiger partial charge in [-0.05, 0) is 127 Å². The molecule has 0 bridgehead atoms. The van der Waals surface area contributed by atoms with E-state index in [0.717, 1.165) is 17.1 Å². The van der Waals surface area contributed by atoms with Gasteiger partial charge in [0.15, 0.2) is 0 Å². The zero-order valence-corrected chi connectivity index (χ0v) is 29.7. The Balaban J connectivity index is 1.06. The highest BCUT2D eigenvalue weighted by molar-refractivity contribution is 6.00. The van der Waals surface area contributed by atoms with E-state index < -0.39 is 17.9 Å². The van der Waals surface area contributed by atoms with Crippen LogP contribution in [0.25, 0.3) is 0 Å². The summed E-state index contributed by atoms with van der Waals surface area (Å²) in [5.41, 5.74) is 4.51. The first-order valence-corrected chi connectivity index (χ1v) is 17.3. The topological polar surface area (TPSA) is 215 Å². The van der Waals surface area contributed by atoms with Gasteiger partial charge in [-0.25, -0.2) is 14.4 Å². The van der Waals surface area contributed by atoms with Crippen molar-refractivity contribution in [3.05, 3.63) is 161 Å². The summed E-state index contributed by atoms with van der Waals surface area (Å²) in [4.78, 5) is 60.3. The smallest absolute Gasteiger partial charge is 0.335 e.